The first kappa shape index (κ1) is 12.8. The van der Waals surface area contributed by atoms with Gasteiger partial charge in [-0.3, -0.25) is 0 Å². The Bertz CT molecular complexity index is 529. The lowest BCUT2D eigenvalue weighted by atomic mass is 10.1. The SMILES string of the molecule is C=C1C=CC=CC1[P+](=O)Cc1ccccc1OC. The van der Waals surface area contributed by atoms with Gasteiger partial charge < -0.3 is 4.74 Å². The van der Waals surface area contributed by atoms with E-state index in [1.807, 2.05) is 48.6 Å². The average molecular weight is 259 g/mol. The minimum atomic E-state index is -1.40. The standard InChI is InChI=1S/C15H16O2P/c1-12-7-3-6-10-15(12)18(16)11-13-8-4-5-9-14(13)17-2/h3-10,15H,1,11H2,2H3/q+1. The van der Waals surface area contributed by atoms with Gasteiger partial charge in [0.05, 0.1) is 7.11 Å². The molecule has 0 spiro atoms. The number of hydrogen-bond acceptors (Lipinski definition) is 2. The lowest BCUT2D eigenvalue weighted by Gasteiger charge is -2.07. The van der Waals surface area contributed by atoms with Crippen LogP contribution in [0, 0.1) is 0 Å². The average Bonchev–Trinajstić information content (AvgIpc) is 2.39. The van der Waals surface area contributed by atoms with Gasteiger partial charge in [-0.25, -0.2) is 0 Å². The zero-order valence-corrected chi connectivity index (χ0v) is 11.3. The number of hydrogen-bond donors (Lipinski definition) is 0. The molecule has 1 aliphatic carbocycles. The molecular weight excluding hydrogens is 243 g/mol. The fraction of sp³-hybridized carbons (Fsp3) is 0.200. The Labute approximate surface area is 108 Å². The number of benzene rings is 1. The molecule has 1 aromatic carbocycles. The monoisotopic (exact) mass is 259 g/mol. The van der Waals surface area contributed by atoms with Crippen molar-refractivity contribution in [3.63, 3.8) is 0 Å². The normalized spacial score (nSPS) is 18.8. The largest absolute Gasteiger partial charge is 0.496 e. The molecule has 0 saturated carbocycles. The van der Waals surface area contributed by atoms with Crippen LogP contribution in [0.4, 0.5) is 0 Å². The van der Waals surface area contributed by atoms with Gasteiger partial charge in [-0.1, -0.05) is 47.6 Å². The third-order valence-corrected chi connectivity index (χ3v) is 4.70. The molecule has 0 aromatic heterocycles. The summed E-state index contributed by atoms with van der Waals surface area (Å²) in [5, 5.41) is 0. The van der Waals surface area contributed by atoms with Crippen LogP contribution < -0.4 is 4.74 Å². The Hall–Kier alpha value is -1.66. The van der Waals surface area contributed by atoms with Crippen LogP contribution in [0.2, 0.25) is 0 Å². The topological polar surface area (TPSA) is 26.3 Å². The predicted molar refractivity (Wildman–Crippen MR) is 75.5 cm³/mol. The van der Waals surface area contributed by atoms with Gasteiger partial charge in [-0.15, -0.1) is 0 Å². The predicted octanol–water partition coefficient (Wildman–Crippen LogP) is 4.07. The van der Waals surface area contributed by atoms with Gasteiger partial charge in [0.2, 0.25) is 0 Å². The van der Waals surface area contributed by atoms with E-state index in [4.69, 9.17) is 4.74 Å². The summed E-state index contributed by atoms with van der Waals surface area (Å²) in [7, 11) is 0.229. The molecule has 2 nitrogen and oxygen atoms in total. The highest BCUT2D eigenvalue weighted by Gasteiger charge is 2.31. The van der Waals surface area contributed by atoms with Crippen molar-refractivity contribution in [3.05, 3.63) is 66.3 Å². The van der Waals surface area contributed by atoms with Gasteiger partial charge >= 0.3 is 7.80 Å². The Balaban J connectivity index is 2.14. The van der Waals surface area contributed by atoms with Crippen LogP contribution in [-0.2, 0) is 10.7 Å². The summed E-state index contributed by atoms with van der Waals surface area (Å²) in [6.45, 7) is 3.95. The smallest absolute Gasteiger partial charge is 0.355 e. The maximum absolute atomic E-state index is 12.4. The minimum absolute atomic E-state index is 0.0603. The fourth-order valence-electron chi connectivity index (χ4n) is 1.95. The van der Waals surface area contributed by atoms with Gasteiger partial charge in [-0.2, -0.15) is 0 Å². The molecule has 1 aliphatic rings. The quantitative estimate of drug-likeness (QED) is 0.762. The van der Waals surface area contributed by atoms with Gasteiger partial charge in [0.15, 0.2) is 11.8 Å². The van der Waals surface area contributed by atoms with Crippen molar-refractivity contribution >= 4 is 7.80 Å². The summed E-state index contributed by atoms with van der Waals surface area (Å²) in [6, 6.07) is 7.70. The lowest BCUT2D eigenvalue weighted by molar-refractivity contribution is 0.411. The minimum Gasteiger partial charge on any atom is -0.496 e. The van der Waals surface area contributed by atoms with Crippen molar-refractivity contribution in [1.29, 1.82) is 0 Å². The number of para-hydroxylation sites is 1. The van der Waals surface area contributed by atoms with Gasteiger partial charge in [-0.05, 0) is 17.7 Å². The lowest BCUT2D eigenvalue weighted by Crippen LogP contribution is -2.04. The molecule has 3 heteroatoms. The highest BCUT2D eigenvalue weighted by atomic mass is 31.1. The van der Waals surface area contributed by atoms with Gasteiger partial charge in [0.25, 0.3) is 0 Å². The molecular formula is C15H16O2P+. The number of ether oxygens (including phenoxy) is 1. The van der Waals surface area contributed by atoms with Crippen LogP contribution in [-0.4, -0.2) is 12.8 Å². The molecule has 0 fully saturated rings. The summed E-state index contributed by atoms with van der Waals surface area (Å²) >= 11 is 0. The number of methoxy groups -OCH3 is 1. The van der Waals surface area contributed by atoms with Crippen LogP contribution in [0.15, 0.2) is 60.7 Å². The molecule has 2 atom stereocenters. The Morgan fingerprint density at radius 3 is 2.83 bits per heavy atom. The third kappa shape index (κ3) is 2.77. The Morgan fingerprint density at radius 1 is 1.33 bits per heavy atom. The van der Waals surface area contributed by atoms with E-state index in [1.54, 1.807) is 7.11 Å². The Kier molecular flexibility index (Phi) is 4.11. The van der Waals surface area contributed by atoms with Crippen LogP contribution in [0.5, 0.6) is 5.75 Å². The summed E-state index contributed by atoms with van der Waals surface area (Å²) < 4.78 is 17.7. The first-order valence-corrected chi connectivity index (χ1v) is 7.33. The van der Waals surface area contributed by atoms with Crippen molar-refractivity contribution in [2.24, 2.45) is 0 Å². The van der Waals surface area contributed by atoms with Gasteiger partial charge in [0.1, 0.15) is 5.75 Å². The van der Waals surface area contributed by atoms with E-state index in [9.17, 15) is 4.57 Å². The number of allylic oxidation sites excluding steroid dienone is 5. The zero-order chi connectivity index (χ0) is 13.0. The molecule has 2 rings (SSSR count). The van der Waals surface area contributed by atoms with Gasteiger partial charge in [0, 0.05) is 5.56 Å². The highest BCUT2D eigenvalue weighted by molar-refractivity contribution is 7.45. The molecule has 1 aromatic rings. The van der Waals surface area contributed by atoms with Crippen LogP contribution in [0.3, 0.4) is 0 Å². The molecule has 18 heavy (non-hydrogen) atoms. The second-order valence-corrected chi connectivity index (χ2v) is 5.86. The molecule has 92 valence electrons. The molecule has 2 unspecified atom stereocenters. The van der Waals surface area contributed by atoms with Crippen molar-refractivity contribution in [3.8, 4) is 5.75 Å². The van der Waals surface area contributed by atoms with E-state index in [-0.39, 0.29) is 5.66 Å². The molecule has 0 N–H and O–H groups in total. The van der Waals surface area contributed by atoms with E-state index >= 15 is 0 Å². The van der Waals surface area contributed by atoms with E-state index in [0.717, 1.165) is 16.9 Å². The third-order valence-electron chi connectivity index (χ3n) is 2.92. The molecule has 0 heterocycles. The van der Waals surface area contributed by atoms with Crippen molar-refractivity contribution in [2.45, 2.75) is 11.8 Å². The Morgan fingerprint density at radius 2 is 2.11 bits per heavy atom. The maximum atomic E-state index is 12.4. The number of rotatable bonds is 4. The van der Waals surface area contributed by atoms with Crippen molar-refractivity contribution in [1.82, 2.24) is 0 Å². The second kappa shape index (κ2) is 5.79. The maximum Gasteiger partial charge on any atom is 0.355 e. The van der Waals surface area contributed by atoms with E-state index in [1.165, 1.54) is 0 Å². The van der Waals surface area contributed by atoms with E-state index in [0.29, 0.717) is 6.16 Å². The van der Waals surface area contributed by atoms with Crippen LogP contribution in [0.1, 0.15) is 5.56 Å². The molecule has 0 saturated heterocycles. The van der Waals surface area contributed by atoms with E-state index in [2.05, 4.69) is 6.58 Å². The first-order chi connectivity index (χ1) is 8.72. The summed E-state index contributed by atoms with van der Waals surface area (Å²) in [5.74, 6) is 0.793. The fourth-order valence-corrected chi connectivity index (χ4v) is 3.49. The summed E-state index contributed by atoms with van der Waals surface area (Å²) in [5.41, 5.74) is 1.83. The van der Waals surface area contributed by atoms with Crippen LogP contribution in [0.25, 0.3) is 0 Å². The molecule has 0 aliphatic heterocycles. The molecule has 0 radical (unpaired) electrons. The first-order valence-electron chi connectivity index (χ1n) is 5.81. The van der Waals surface area contributed by atoms with Crippen molar-refractivity contribution < 1.29 is 9.30 Å². The summed E-state index contributed by atoms with van der Waals surface area (Å²) in [6.07, 6.45) is 8.23. The molecule has 0 bridgehead atoms. The van der Waals surface area contributed by atoms with E-state index < -0.39 is 7.80 Å². The van der Waals surface area contributed by atoms with Crippen molar-refractivity contribution in [2.75, 3.05) is 7.11 Å². The zero-order valence-electron chi connectivity index (χ0n) is 10.4. The molecule has 0 amide bonds. The summed E-state index contributed by atoms with van der Waals surface area (Å²) in [4.78, 5) is 0. The highest BCUT2D eigenvalue weighted by Crippen LogP contribution is 2.40. The second-order valence-electron chi connectivity index (χ2n) is 4.15. The van der Waals surface area contributed by atoms with Crippen LogP contribution >= 0.6 is 7.80 Å².